The molecule has 2 aliphatic rings. The molecule has 1 aliphatic heterocycles. The highest BCUT2D eigenvalue weighted by atomic mass is 16.2. The largest absolute Gasteiger partial charge is 0.337 e. The Morgan fingerprint density at radius 2 is 1.96 bits per heavy atom. The number of H-pyrrole nitrogens is 2. The summed E-state index contributed by atoms with van der Waals surface area (Å²) >= 11 is 0. The van der Waals surface area contributed by atoms with Crippen molar-refractivity contribution in [3.63, 3.8) is 0 Å². The standard InChI is InChI=1S/C19H21N5O/c1-10(2)12-8-16(24-23-12)17-20-14-7-11-13(9-15(14)21-17)22-18(25)19(11)5-3-4-6-19/h7-10H,3-6H2,1-2H3,(H,20,21)(H,22,25)(H,23,24). The molecular weight excluding hydrogens is 314 g/mol. The normalized spacial score (nSPS) is 18.4. The van der Waals surface area contributed by atoms with Crippen molar-refractivity contribution >= 4 is 22.6 Å². The minimum Gasteiger partial charge on any atom is -0.337 e. The number of aromatic nitrogens is 4. The van der Waals surface area contributed by atoms with Gasteiger partial charge in [0.25, 0.3) is 0 Å². The zero-order valence-corrected chi connectivity index (χ0v) is 14.4. The third-order valence-corrected chi connectivity index (χ3v) is 5.72. The Morgan fingerprint density at radius 1 is 1.16 bits per heavy atom. The van der Waals surface area contributed by atoms with E-state index in [9.17, 15) is 4.79 Å². The van der Waals surface area contributed by atoms with E-state index in [2.05, 4.69) is 40.4 Å². The number of anilines is 1. The van der Waals surface area contributed by atoms with Gasteiger partial charge in [-0.1, -0.05) is 26.7 Å². The van der Waals surface area contributed by atoms with Crippen LogP contribution in [0.25, 0.3) is 22.6 Å². The highest BCUT2D eigenvalue weighted by Crippen LogP contribution is 2.49. The fourth-order valence-electron chi connectivity index (χ4n) is 4.28. The first kappa shape index (κ1) is 14.7. The monoisotopic (exact) mass is 335 g/mol. The Bertz CT molecular complexity index is 991. The van der Waals surface area contributed by atoms with Crippen molar-refractivity contribution in [2.45, 2.75) is 50.9 Å². The molecule has 1 fully saturated rings. The zero-order valence-electron chi connectivity index (χ0n) is 14.4. The molecule has 1 spiro atoms. The third-order valence-electron chi connectivity index (χ3n) is 5.72. The van der Waals surface area contributed by atoms with Crippen LogP contribution in [0.3, 0.4) is 0 Å². The second kappa shape index (κ2) is 4.94. The van der Waals surface area contributed by atoms with Crippen molar-refractivity contribution in [2.24, 2.45) is 0 Å². The van der Waals surface area contributed by atoms with Gasteiger partial charge in [-0.05, 0) is 42.5 Å². The van der Waals surface area contributed by atoms with Gasteiger partial charge in [0.1, 0.15) is 5.69 Å². The topological polar surface area (TPSA) is 86.5 Å². The van der Waals surface area contributed by atoms with E-state index < -0.39 is 0 Å². The fraction of sp³-hybridized carbons (Fsp3) is 0.421. The van der Waals surface area contributed by atoms with Crippen LogP contribution >= 0.6 is 0 Å². The Kier molecular flexibility index (Phi) is 2.90. The van der Waals surface area contributed by atoms with Gasteiger partial charge < -0.3 is 10.3 Å². The smallest absolute Gasteiger partial charge is 0.235 e. The summed E-state index contributed by atoms with van der Waals surface area (Å²) in [6.07, 6.45) is 4.10. The van der Waals surface area contributed by atoms with Crippen LogP contribution in [0.2, 0.25) is 0 Å². The molecule has 2 aromatic heterocycles. The van der Waals surface area contributed by atoms with Crippen LogP contribution in [0.4, 0.5) is 5.69 Å². The minimum atomic E-state index is -0.332. The minimum absolute atomic E-state index is 0.156. The van der Waals surface area contributed by atoms with Gasteiger partial charge in [0.15, 0.2) is 5.82 Å². The van der Waals surface area contributed by atoms with Crippen LogP contribution in [0.15, 0.2) is 18.2 Å². The van der Waals surface area contributed by atoms with Crippen LogP contribution in [0.1, 0.15) is 56.7 Å². The van der Waals surface area contributed by atoms with Crippen molar-refractivity contribution in [2.75, 3.05) is 5.32 Å². The van der Waals surface area contributed by atoms with Gasteiger partial charge in [0.05, 0.1) is 22.1 Å². The molecule has 0 unspecified atom stereocenters. The Labute approximate surface area is 145 Å². The lowest BCUT2D eigenvalue weighted by Crippen LogP contribution is -2.30. The van der Waals surface area contributed by atoms with Crippen molar-refractivity contribution in [1.82, 2.24) is 20.2 Å². The number of carbonyl (C=O) groups is 1. The van der Waals surface area contributed by atoms with Gasteiger partial charge in [0, 0.05) is 5.69 Å². The fourth-order valence-corrected chi connectivity index (χ4v) is 4.28. The summed E-state index contributed by atoms with van der Waals surface area (Å²) in [6, 6.07) is 6.15. The molecule has 0 saturated heterocycles. The average Bonchev–Trinajstić information content (AvgIpc) is 3.34. The molecule has 3 aromatic rings. The van der Waals surface area contributed by atoms with E-state index in [0.717, 1.165) is 65.2 Å². The van der Waals surface area contributed by atoms with Gasteiger partial charge in [-0.15, -0.1) is 0 Å². The molecule has 6 heteroatoms. The SMILES string of the molecule is CC(C)c1cc(-c2nc3cc4c(cc3[nH]2)NC(=O)C42CCCC2)[nH]n1. The van der Waals surface area contributed by atoms with Crippen LogP contribution in [-0.4, -0.2) is 26.1 Å². The van der Waals surface area contributed by atoms with E-state index in [1.54, 1.807) is 0 Å². The summed E-state index contributed by atoms with van der Waals surface area (Å²) in [6.45, 7) is 4.24. The summed E-state index contributed by atoms with van der Waals surface area (Å²) in [5.74, 6) is 1.31. The maximum atomic E-state index is 12.6. The molecule has 3 heterocycles. The third kappa shape index (κ3) is 2.00. The number of rotatable bonds is 2. The molecule has 0 bridgehead atoms. The molecule has 0 radical (unpaired) electrons. The number of hydrogen-bond acceptors (Lipinski definition) is 3. The van der Waals surface area contributed by atoms with E-state index in [1.807, 2.05) is 12.1 Å². The van der Waals surface area contributed by atoms with Gasteiger partial charge in [-0.3, -0.25) is 9.89 Å². The Balaban J connectivity index is 1.61. The second-order valence-electron chi connectivity index (χ2n) is 7.60. The predicted molar refractivity (Wildman–Crippen MR) is 96.5 cm³/mol. The van der Waals surface area contributed by atoms with Gasteiger partial charge in [-0.25, -0.2) is 4.98 Å². The van der Waals surface area contributed by atoms with Gasteiger partial charge in [-0.2, -0.15) is 5.10 Å². The highest BCUT2D eigenvalue weighted by molar-refractivity contribution is 6.08. The van der Waals surface area contributed by atoms with Crippen LogP contribution in [0.5, 0.6) is 0 Å². The zero-order chi connectivity index (χ0) is 17.2. The molecular formula is C19H21N5O. The maximum Gasteiger partial charge on any atom is 0.235 e. The number of fused-ring (bicyclic) bond motifs is 3. The average molecular weight is 335 g/mol. The highest BCUT2D eigenvalue weighted by Gasteiger charge is 2.48. The number of nitrogens with one attached hydrogen (secondary N) is 3. The molecule has 128 valence electrons. The lowest BCUT2D eigenvalue weighted by Gasteiger charge is -2.20. The Morgan fingerprint density at radius 3 is 2.68 bits per heavy atom. The summed E-state index contributed by atoms with van der Waals surface area (Å²) in [7, 11) is 0. The molecule has 3 N–H and O–H groups in total. The van der Waals surface area contributed by atoms with Crippen LogP contribution in [0, 0.1) is 0 Å². The number of aromatic amines is 2. The van der Waals surface area contributed by atoms with Crippen LogP contribution < -0.4 is 5.32 Å². The molecule has 1 aliphatic carbocycles. The van der Waals surface area contributed by atoms with Crippen molar-refractivity contribution < 1.29 is 4.79 Å². The van der Waals surface area contributed by atoms with E-state index in [-0.39, 0.29) is 11.3 Å². The summed E-state index contributed by atoms with van der Waals surface area (Å²) in [5.41, 5.74) is 5.47. The second-order valence-corrected chi connectivity index (χ2v) is 7.60. The molecule has 5 rings (SSSR count). The number of amides is 1. The van der Waals surface area contributed by atoms with Crippen molar-refractivity contribution in [1.29, 1.82) is 0 Å². The number of carbonyl (C=O) groups excluding carboxylic acids is 1. The number of hydrogen-bond donors (Lipinski definition) is 3. The van der Waals surface area contributed by atoms with E-state index in [0.29, 0.717) is 5.92 Å². The Hall–Kier alpha value is -2.63. The molecule has 6 nitrogen and oxygen atoms in total. The van der Waals surface area contributed by atoms with Crippen LogP contribution in [-0.2, 0) is 10.2 Å². The molecule has 1 amide bonds. The first-order valence-electron chi connectivity index (χ1n) is 8.98. The molecule has 1 aromatic carbocycles. The summed E-state index contributed by atoms with van der Waals surface area (Å²) in [4.78, 5) is 20.7. The first-order valence-corrected chi connectivity index (χ1v) is 8.98. The quantitative estimate of drug-likeness (QED) is 0.665. The van der Waals surface area contributed by atoms with Gasteiger partial charge in [0.2, 0.25) is 5.91 Å². The van der Waals surface area contributed by atoms with Crippen molar-refractivity contribution in [3.8, 4) is 11.5 Å². The van der Waals surface area contributed by atoms with E-state index >= 15 is 0 Å². The molecule has 1 saturated carbocycles. The predicted octanol–water partition coefficient (Wildman–Crippen LogP) is 3.84. The molecule has 0 atom stereocenters. The molecule has 25 heavy (non-hydrogen) atoms. The lowest BCUT2D eigenvalue weighted by atomic mass is 9.80. The van der Waals surface area contributed by atoms with E-state index in [1.165, 1.54) is 0 Å². The van der Waals surface area contributed by atoms with E-state index in [4.69, 9.17) is 4.98 Å². The first-order chi connectivity index (χ1) is 12.1. The number of imidazole rings is 1. The maximum absolute atomic E-state index is 12.6. The van der Waals surface area contributed by atoms with Gasteiger partial charge >= 0.3 is 0 Å². The summed E-state index contributed by atoms with van der Waals surface area (Å²) < 4.78 is 0. The van der Waals surface area contributed by atoms with Crippen molar-refractivity contribution in [3.05, 3.63) is 29.5 Å². The lowest BCUT2D eigenvalue weighted by molar-refractivity contribution is -0.120. The summed E-state index contributed by atoms with van der Waals surface area (Å²) in [5, 5.41) is 10.5. The number of benzene rings is 1. The number of nitrogens with zero attached hydrogens (tertiary/aromatic N) is 2.